The summed E-state index contributed by atoms with van der Waals surface area (Å²) in [5.74, 6) is 1.21. The molecule has 0 spiro atoms. The highest BCUT2D eigenvalue weighted by molar-refractivity contribution is 5.83. The van der Waals surface area contributed by atoms with Crippen molar-refractivity contribution < 1.29 is 9.90 Å². The third-order valence-corrected chi connectivity index (χ3v) is 11.2. The molecule has 2 N–H and O–H groups in total. The molecule has 1 aromatic heterocycles. The zero-order chi connectivity index (χ0) is 27.4. The first kappa shape index (κ1) is 26.4. The maximum absolute atomic E-state index is 14.2. The number of hydrogen-bond donors (Lipinski definition) is 2. The van der Waals surface area contributed by atoms with Crippen molar-refractivity contribution in [1.82, 2.24) is 19.8 Å². The number of aromatic nitrogens is 2. The SMILES string of the molecule is CNC1CN(c2nc3ccccc3n(C3CC4CCCC(C3)N4C3CCC4CCCCC(C4)C3)c2=O)C1C(=O)O. The molecule has 40 heavy (non-hydrogen) atoms. The molecule has 8 heteroatoms. The van der Waals surface area contributed by atoms with Crippen LogP contribution in [0, 0.1) is 11.8 Å². The number of piperidine rings is 2. The zero-order valence-corrected chi connectivity index (χ0v) is 23.9. The Bertz CT molecular complexity index is 1300. The molecular formula is C32H45N5O3. The van der Waals surface area contributed by atoms with E-state index in [0.717, 1.165) is 35.7 Å². The lowest BCUT2D eigenvalue weighted by Crippen LogP contribution is -2.69. The summed E-state index contributed by atoms with van der Waals surface area (Å²) in [6.07, 6.45) is 17.0. The second kappa shape index (κ2) is 10.8. The Balaban J connectivity index is 1.21. The summed E-state index contributed by atoms with van der Waals surface area (Å²) in [6, 6.07) is 8.81. The van der Waals surface area contributed by atoms with Gasteiger partial charge >= 0.3 is 5.97 Å². The van der Waals surface area contributed by atoms with Crippen molar-refractivity contribution in [2.75, 3.05) is 18.5 Å². The van der Waals surface area contributed by atoms with Gasteiger partial charge in [-0.1, -0.05) is 44.2 Å². The van der Waals surface area contributed by atoms with Gasteiger partial charge in [-0.25, -0.2) is 9.78 Å². The first-order valence-corrected chi connectivity index (χ1v) is 16.0. The monoisotopic (exact) mass is 547 g/mol. The molecule has 7 atom stereocenters. The summed E-state index contributed by atoms with van der Waals surface area (Å²) < 4.78 is 2.01. The Morgan fingerprint density at radius 3 is 2.35 bits per heavy atom. The molecule has 2 aliphatic carbocycles. The Kier molecular flexibility index (Phi) is 7.11. The second-order valence-corrected chi connectivity index (χ2v) is 13.5. The van der Waals surface area contributed by atoms with E-state index >= 15 is 0 Å². The number of rotatable bonds is 5. The van der Waals surface area contributed by atoms with Crippen molar-refractivity contribution in [1.29, 1.82) is 0 Å². The number of carbonyl (C=O) groups is 1. The number of aliphatic carboxylic acids is 1. The number of likely N-dealkylation sites (N-methyl/N-ethyl adjacent to an activating group) is 1. The summed E-state index contributed by atoms with van der Waals surface area (Å²) >= 11 is 0. The fraction of sp³-hybridized carbons (Fsp3) is 0.719. The van der Waals surface area contributed by atoms with Crippen LogP contribution in [0.3, 0.4) is 0 Å². The fourth-order valence-corrected chi connectivity index (χ4v) is 9.42. The summed E-state index contributed by atoms with van der Waals surface area (Å²) in [7, 11) is 1.78. The van der Waals surface area contributed by atoms with Crippen molar-refractivity contribution in [3.63, 3.8) is 0 Å². The number of para-hydroxylation sites is 2. The van der Waals surface area contributed by atoms with Gasteiger partial charge in [-0.3, -0.25) is 9.69 Å². The van der Waals surface area contributed by atoms with Crippen molar-refractivity contribution in [3.8, 4) is 0 Å². The largest absolute Gasteiger partial charge is 0.480 e. The van der Waals surface area contributed by atoms with E-state index in [1.165, 1.54) is 70.6 Å². The van der Waals surface area contributed by atoms with E-state index in [0.29, 0.717) is 24.7 Å². The minimum atomic E-state index is -0.919. The number of nitrogens with one attached hydrogen (secondary N) is 1. The van der Waals surface area contributed by atoms with Crippen LogP contribution in [-0.4, -0.2) is 69.3 Å². The molecule has 4 bridgehead atoms. The highest BCUT2D eigenvalue weighted by Gasteiger charge is 2.47. The van der Waals surface area contributed by atoms with Crippen LogP contribution in [0.4, 0.5) is 5.82 Å². The van der Waals surface area contributed by atoms with Crippen LogP contribution in [0.15, 0.2) is 29.1 Å². The third kappa shape index (κ3) is 4.55. The van der Waals surface area contributed by atoms with Crippen molar-refractivity contribution >= 4 is 22.8 Å². The first-order chi connectivity index (χ1) is 19.5. The molecule has 216 valence electrons. The van der Waals surface area contributed by atoms with E-state index in [9.17, 15) is 14.7 Å². The number of anilines is 1. The molecule has 1 aromatic carbocycles. The van der Waals surface area contributed by atoms with Crippen LogP contribution >= 0.6 is 0 Å². The smallest absolute Gasteiger partial charge is 0.328 e. The van der Waals surface area contributed by atoms with Crippen molar-refractivity contribution in [2.45, 2.75) is 120 Å². The normalized spacial score (nSPS) is 36.5. The number of benzene rings is 1. The molecule has 5 aliphatic rings. The van der Waals surface area contributed by atoms with Crippen LogP contribution < -0.4 is 15.8 Å². The average molecular weight is 548 g/mol. The fourth-order valence-electron chi connectivity index (χ4n) is 9.42. The van der Waals surface area contributed by atoms with Gasteiger partial charge in [0.15, 0.2) is 5.82 Å². The lowest BCUT2D eigenvalue weighted by Gasteiger charge is -2.53. The molecule has 8 nitrogen and oxygen atoms in total. The lowest BCUT2D eigenvalue weighted by molar-refractivity contribution is -0.140. The molecule has 0 radical (unpaired) electrons. The second-order valence-electron chi connectivity index (χ2n) is 13.5. The Morgan fingerprint density at radius 1 is 0.875 bits per heavy atom. The maximum Gasteiger partial charge on any atom is 0.328 e. The van der Waals surface area contributed by atoms with Gasteiger partial charge in [0.05, 0.1) is 17.1 Å². The molecule has 2 aromatic rings. The number of nitrogens with zero attached hydrogens (tertiary/aromatic N) is 4. The van der Waals surface area contributed by atoms with Crippen LogP contribution in [0.5, 0.6) is 0 Å². The van der Waals surface area contributed by atoms with Crippen LogP contribution in [0.25, 0.3) is 11.0 Å². The van der Waals surface area contributed by atoms with Gasteiger partial charge in [-0.05, 0) is 82.4 Å². The summed E-state index contributed by atoms with van der Waals surface area (Å²) in [6.45, 7) is 0.474. The van der Waals surface area contributed by atoms with E-state index in [2.05, 4.69) is 10.2 Å². The van der Waals surface area contributed by atoms with Gasteiger partial charge in [-0.2, -0.15) is 0 Å². The van der Waals surface area contributed by atoms with Crippen molar-refractivity contribution in [2.24, 2.45) is 11.8 Å². The van der Waals surface area contributed by atoms with E-state index < -0.39 is 12.0 Å². The zero-order valence-electron chi connectivity index (χ0n) is 23.9. The van der Waals surface area contributed by atoms with Gasteiger partial charge in [-0.15, -0.1) is 0 Å². The average Bonchev–Trinajstić information content (AvgIpc) is 3.27. The van der Waals surface area contributed by atoms with Gasteiger partial charge in [0.1, 0.15) is 6.04 Å². The predicted molar refractivity (Wildman–Crippen MR) is 157 cm³/mol. The van der Waals surface area contributed by atoms with Gasteiger partial charge in [0.25, 0.3) is 5.56 Å². The van der Waals surface area contributed by atoms with Gasteiger partial charge < -0.3 is 19.9 Å². The molecule has 4 heterocycles. The number of hydrogen-bond acceptors (Lipinski definition) is 6. The minimum Gasteiger partial charge on any atom is -0.480 e. The molecule has 0 amide bonds. The molecule has 2 saturated carbocycles. The Labute approximate surface area is 237 Å². The highest BCUT2D eigenvalue weighted by atomic mass is 16.4. The molecule has 7 rings (SSSR count). The van der Waals surface area contributed by atoms with Crippen molar-refractivity contribution in [3.05, 3.63) is 34.6 Å². The number of carboxylic acids is 1. The highest BCUT2D eigenvalue weighted by Crippen LogP contribution is 2.46. The van der Waals surface area contributed by atoms with E-state index in [4.69, 9.17) is 4.98 Å². The molecular weight excluding hydrogens is 502 g/mol. The standard InChI is InChI=1S/C32H45N5O3/c1-33-27-19-35(29(27)32(39)40)30-31(38)37(28-12-5-4-11-26(28)34-30)25-17-22-9-6-10-23(18-25)36(22)24-14-13-20-7-2-3-8-21(15-20)16-24/h4-5,11-12,20-25,27,29,33H,2-3,6-10,13-19H2,1H3,(H,39,40). The first-order valence-electron chi connectivity index (χ1n) is 16.0. The predicted octanol–water partition coefficient (Wildman–Crippen LogP) is 4.56. The summed E-state index contributed by atoms with van der Waals surface area (Å²) in [5.41, 5.74) is 1.52. The molecule has 3 saturated heterocycles. The third-order valence-electron chi connectivity index (χ3n) is 11.2. The Morgan fingerprint density at radius 2 is 1.60 bits per heavy atom. The van der Waals surface area contributed by atoms with Crippen LogP contribution in [0.1, 0.15) is 89.5 Å². The van der Waals surface area contributed by atoms with E-state index in [-0.39, 0.29) is 23.5 Å². The molecule has 7 unspecified atom stereocenters. The van der Waals surface area contributed by atoms with Crippen LogP contribution in [-0.2, 0) is 4.79 Å². The summed E-state index contributed by atoms with van der Waals surface area (Å²) in [5, 5.41) is 13.0. The van der Waals surface area contributed by atoms with Gasteiger partial charge in [0.2, 0.25) is 0 Å². The number of fused-ring (bicyclic) bond motifs is 5. The number of carboxylic acid groups (broad SMARTS) is 1. The lowest BCUT2D eigenvalue weighted by atomic mass is 9.79. The Hall–Kier alpha value is -2.45. The minimum absolute atomic E-state index is 0.114. The molecule has 3 aliphatic heterocycles. The molecule has 5 fully saturated rings. The maximum atomic E-state index is 14.2. The van der Waals surface area contributed by atoms with E-state index in [1.54, 1.807) is 11.9 Å². The topological polar surface area (TPSA) is 90.7 Å². The van der Waals surface area contributed by atoms with Gasteiger partial charge in [0, 0.05) is 30.7 Å². The van der Waals surface area contributed by atoms with E-state index in [1.807, 2.05) is 28.8 Å². The van der Waals surface area contributed by atoms with Crippen LogP contribution in [0.2, 0.25) is 0 Å². The quantitative estimate of drug-likeness (QED) is 0.567. The summed E-state index contributed by atoms with van der Waals surface area (Å²) in [4.78, 5) is 35.7.